The highest BCUT2D eigenvalue weighted by Gasteiger charge is 2.28. The van der Waals surface area contributed by atoms with E-state index in [-0.39, 0.29) is 12.5 Å². The number of rotatable bonds is 2. The zero-order chi connectivity index (χ0) is 11.1. The van der Waals surface area contributed by atoms with E-state index in [2.05, 4.69) is 15.0 Å². The Morgan fingerprint density at radius 3 is 3.25 bits per heavy atom. The van der Waals surface area contributed by atoms with Crippen molar-refractivity contribution in [3.63, 3.8) is 0 Å². The fourth-order valence-corrected chi connectivity index (χ4v) is 1.70. The summed E-state index contributed by atoms with van der Waals surface area (Å²) in [5.41, 5.74) is 2.66. The minimum absolute atomic E-state index is 0.180. The van der Waals surface area contributed by atoms with Crippen molar-refractivity contribution >= 4 is 17.4 Å². The molecule has 0 bridgehead atoms. The van der Waals surface area contributed by atoms with Crippen LogP contribution in [0.1, 0.15) is 6.42 Å². The normalized spacial score (nSPS) is 21.8. The lowest BCUT2D eigenvalue weighted by atomic mass is 10.4. The number of H-pyrrole nitrogens is 1. The second kappa shape index (κ2) is 3.28. The van der Waals surface area contributed by atoms with E-state index in [1.54, 1.807) is 10.9 Å². The van der Waals surface area contributed by atoms with E-state index in [0.717, 1.165) is 12.0 Å². The van der Waals surface area contributed by atoms with Crippen molar-refractivity contribution in [2.24, 2.45) is 5.92 Å². The molecule has 0 radical (unpaired) electrons. The van der Waals surface area contributed by atoms with Gasteiger partial charge in [-0.3, -0.25) is 9.98 Å². The van der Waals surface area contributed by atoms with Gasteiger partial charge >= 0.3 is 0 Å². The molecule has 0 aromatic carbocycles. The van der Waals surface area contributed by atoms with Gasteiger partial charge in [-0.05, 0) is 12.0 Å². The maximum atomic E-state index is 8.93. The third-order valence-corrected chi connectivity index (χ3v) is 2.79. The summed E-state index contributed by atoms with van der Waals surface area (Å²) in [5.74, 6) is 0.268. The Bertz CT molecular complexity index is 623. The third-order valence-electron chi connectivity index (χ3n) is 2.79. The summed E-state index contributed by atoms with van der Waals surface area (Å²) in [7, 11) is 0. The van der Waals surface area contributed by atoms with Crippen LogP contribution in [0.4, 0.5) is 0 Å². The van der Waals surface area contributed by atoms with Crippen LogP contribution in [0.25, 0.3) is 17.4 Å². The highest BCUT2D eigenvalue weighted by atomic mass is 16.3. The predicted octanol–water partition coefficient (Wildman–Crippen LogP) is 0.0920. The first kappa shape index (κ1) is 9.29. The maximum Gasteiger partial charge on any atom is 0.182 e. The molecule has 6 heteroatoms. The molecule has 0 saturated heterocycles. The van der Waals surface area contributed by atoms with E-state index in [4.69, 9.17) is 10.5 Å². The number of aliphatic hydroxyl groups excluding tert-OH is 1. The monoisotopic (exact) mass is 217 g/mol. The maximum absolute atomic E-state index is 8.93. The molecule has 0 amide bonds. The lowest BCUT2D eigenvalue weighted by Crippen LogP contribution is -2.16. The second-order valence-corrected chi connectivity index (χ2v) is 3.89. The Balaban J connectivity index is 2.08. The molecule has 1 unspecified atom stereocenters. The van der Waals surface area contributed by atoms with E-state index >= 15 is 0 Å². The molecule has 16 heavy (non-hydrogen) atoms. The van der Waals surface area contributed by atoms with Crippen LogP contribution in [0, 0.1) is 11.3 Å². The van der Waals surface area contributed by atoms with Crippen molar-refractivity contribution < 1.29 is 5.11 Å². The largest absolute Gasteiger partial charge is 0.396 e. The summed E-state index contributed by atoms with van der Waals surface area (Å²) in [6.07, 6.45) is 5.87. The predicted molar refractivity (Wildman–Crippen MR) is 57.2 cm³/mol. The molecule has 1 aliphatic carbocycles. The quantitative estimate of drug-likeness (QED) is 0.666. The number of aromatic amines is 1. The minimum Gasteiger partial charge on any atom is -0.396 e. The van der Waals surface area contributed by atoms with Crippen LogP contribution in [0.2, 0.25) is 0 Å². The van der Waals surface area contributed by atoms with E-state index in [0.29, 0.717) is 16.7 Å². The van der Waals surface area contributed by atoms with Crippen molar-refractivity contribution in [1.82, 2.24) is 19.5 Å². The zero-order valence-electron chi connectivity index (χ0n) is 8.51. The van der Waals surface area contributed by atoms with E-state index in [1.165, 1.54) is 6.33 Å². The smallest absolute Gasteiger partial charge is 0.182 e. The number of hydrogen-bond acceptors (Lipinski definition) is 4. The molecule has 0 spiro atoms. The third kappa shape index (κ3) is 1.35. The lowest BCUT2D eigenvalue weighted by molar-refractivity contribution is 0.281. The van der Waals surface area contributed by atoms with Crippen molar-refractivity contribution in [3.8, 4) is 0 Å². The van der Waals surface area contributed by atoms with Crippen LogP contribution < -0.4 is 5.49 Å². The van der Waals surface area contributed by atoms with Crippen molar-refractivity contribution in [1.29, 1.82) is 5.41 Å². The average molecular weight is 217 g/mol. The number of nitrogens with zero attached hydrogens (tertiary/aromatic N) is 3. The molecule has 6 nitrogen and oxygen atoms in total. The van der Waals surface area contributed by atoms with Crippen molar-refractivity contribution in [3.05, 3.63) is 23.7 Å². The zero-order valence-corrected chi connectivity index (χ0v) is 8.51. The second-order valence-electron chi connectivity index (χ2n) is 3.89. The van der Waals surface area contributed by atoms with Crippen LogP contribution >= 0.6 is 0 Å². The molecule has 0 aliphatic heterocycles. The standard InChI is InChI=1S/C10H11N5O/c11-9-8-10(13-4-12-8)14-5-15(9)2-6-1-7(6)3-16/h2,4-5,7,11,16H,1,3H2,(H,12,13)/b6-2+,11-9?. The highest BCUT2D eigenvalue weighted by Crippen LogP contribution is 2.37. The molecule has 1 fully saturated rings. The van der Waals surface area contributed by atoms with Crippen LogP contribution in [0.15, 0.2) is 18.2 Å². The average Bonchev–Trinajstić information content (AvgIpc) is 2.86. The summed E-state index contributed by atoms with van der Waals surface area (Å²) < 4.78 is 1.64. The van der Waals surface area contributed by atoms with Gasteiger partial charge in [0, 0.05) is 18.7 Å². The van der Waals surface area contributed by atoms with E-state index in [1.807, 2.05) is 6.20 Å². The fourth-order valence-electron chi connectivity index (χ4n) is 1.70. The molecule has 1 aliphatic rings. The van der Waals surface area contributed by atoms with E-state index in [9.17, 15) is 0 Å². The van der Waals surface area contributed by atoms with Gasteiger partial charge in [0.05, 0.1) is 6.33 Å². The first-order valence-corrected chi connectivity index (χ1v) is 5.06. The number of aromatic nitrogens is 4. The highest BCUT2D eigenvalue weighted by molar-refractivity contribution is 5.68. The van der Waals surface area contributed by atoms with Gasteiger partial charge in [-0.2, -0.15) is 0 Å². The van der Waals surface area contributed by atoms with Gasteiger partial charge in [0.15, 0.2) is 11.1 Å². The number of nitrogens with one attached hydrogen (secondary N) is 2. The summed E-state index contributed by atoms with van der Waals surface area (Å²) in [6.45, 7) is 0.180. The number of hydrogen-bond donors (Lipinski definition) is 3. The van der Waals surface area contributed by atoms with Gasteiger partial charge in [-0.25, -0.2) is 9.97 Å². The first-order valence-electron chi connectivity index (χ1n) is 5.06. The van der Waals surface area contributed by atoms with Gasteiger partial charge < -0.3 is 10.1 Å². The number of fused-ring (bicyclic) bond motifs is 1. The molecular weight excluding hydrogens is 206 g/mol. The van der Waals surface area contributed by atoms with Crippen LogP contribution in [0.3, 0.4) is 0 Å². The Labute approximate surface area is 90.8 Å². The molecule has 2 aromatic heterocycles. The summed E-state index contributed by atoms with van der Waals surface area (Å²) in [4.78, 5) is 11.0. The fraction of sp³-hybridized carbons (Fsp3) is 0.300. The summed E-state index contributed by atoms with van der Waals surface area (Å²) in [5, 5.41) is 16.9. The van der Waals surface area contributed by atoms with Crippen LogP contribution in [-0.4, -0.2) is 31.2 Å². The van der Waals surface area contributed by atoms with Gasteiger partial charge in [0.2, 0.25) is 0 Å². The minimum atomic E-state index is 0.180. The molecule has 1 saturated carbocycles. The number of aliphatic hydroxyl groups is 1. The molecule has 3 rings (SSSR count). The Kier molecular flexibility index (Phi) is 1.90. The van der Waals surface area contributed by atoms with Gasteiger partial charge in [-0.15, -0.1) is 0 Å². The molecule has 2 aromatic rings. The summed E-state index contributed by atoms with van der Waals surface area (Å²) >= 11 is 0. The summed E-state index contributed by atoms with van der Waals surface area (Å²) in [6, 6.07) is 0. The van der Waals surface area contributed by atoms with Gasteiger partial charge in [0.1, 0.15) is 11.8 Å². The Morgan fingerprint density at radius 1 is 1.62 bits per heavy atom. The Morgan fingerprint density at radius 2 is 2.50 bits per heavy atom. The molecular formula is C10H11N5O. The van der Waals surface area contributed by atoms with Crippen LogP contribution in [-0.2, 0) is 0 Å². The van der Waals surface area contributed by atoms with Crippen LogP contribution in [0.5, 0.6) is 0 Å². The lowest BCUT2D eigenvalue weighted by Gasteiger charge is -1.98. The van der Waals surface area contributed by atoms with Gasteiger partial charge in [-0.1, -0.05) is 0 Å². The molecule has 82 valence electrons. The van der Waals surface area contributed by atoms with Crippen molar-refractivity contribution in [2.75, 3.05) is 6.61 Å². The first-order chi connectivity index (χ1) is 7.79. The topological polar surface area (TPSA) is 90.6 Å². The molecule has 1 atom stereocenters. The molecule has 3 N–H and O–H groups in total. The molecule has 2 heterocycles. The SMILES string of the molecule is N=c1c2[nH]cnc2ncn1/C=C1\CC1CO. The van der Waals surface area contributed by atoms with Gasteiger partial charge in [0.25, 0.3) is 0 Å². The van der Waals surface area contributed by atoms with Crippen molar-refractivity contribution in [2.45, 2.75) is 6.42 Å². The number of imidazole rings is 1. The Hall–Kier alpha value is -1.95. The van der Waals surface area contributed by atoms with E-state index < -0.39 is 0 Å².